The fraction of sp³-hybridized carbons (Fsp3) is 0.105. The summed E-state index contributed by atoms with van der Waals surface area (Å²) in [5, 5.41) is 24.5. The van der Waals surface area contributed by atoms with E-state index in [2.05, 4.69) is 5.32 Å². The quantitative estimate of drug-likeness (QED) is 0.661. The number of hydrogen-bond acceptors (Lipinski definition) is 3. The lowest BCUT2D eigenvalue weighted by Gasteiger charge is -2.16. The van der Waals surface area contributed by atoms with E-state index in [-0.39, 0.29) is 17.4 Å². The van der Waals surface area contributed by atoms with E-state index in [1.807, 2.05) is 0 Å². The van der Waals surface area contributed by atoms with Crippen molar-refractivity contribution in [3.63, 3.8) is 0 Å². The Morgan fingerprint density at radius 3 is 2.50 bits per heavy atom. The molecule has 24 heavy (non-hydrogen) atoms. The topological polar surface area (TPSA) is 69.6 Å². The smallest absolute Gasteiger partial charge is 0.251 e. The average Bonchev–Trinajstić information content (AvgIpc) is 2.56. The average molecular weight is 342 g/mol. The SMILES string of the molecule is CC(NC(=O)c1ccc2cc(O)ccc2c1)c1cc(Cl)ccc1O. The first-order valence-corrected chi connectivity index (χ1v) is 7.84. The van der Waals surface area contributed by atoms with Gasteiger partial charge in [-0.3, -0.25) is 4.79 Å². The highest BCUT2D eigenvalue weighted by molar-refractivity contribution is 6.30. The highest BCUT2D eigenvalue weighted by Gasteiger charge is 2.15. The van der Waals surface area contributed by atoms with E-state index < -0.39 is 6.04 Å². The van der Waals surface area contributed by atoms with E-state index in [0.29, 0.717) is 16.1 Å². The van der Waals surface area contributed by atoms with Crippen LogP contribution in [0.3, 0.4) is 0 Å². The second-order valence-corrected chi connectivity index (χ2v) is 6.08. The molecular weight excluding hydrogens is 326 g/mol. The predicted molar refractivity (Wildman–Crippen MR) is 94.6 cm³/mol. The van der Waals surface area contributed by atoms with E-state index in [1.54, 1.807) is 55.5 Å². The number of fused-ring (bicyclic) bond motifs is 1. The van der Waals surface area contributed by atoms with Crippen LogP contribution in [-0.4, -0.2) is 16.1 Å². The molecule has 1 atom stereocenters. The van der Waals surface area contributed by atoms with Crippen molar-refractivity contribution in [2.24, 2.45) is 0 Å². The summed E-state index contributed by atoms with van der Waals surface area (Å²) >= 11 is 5.95. The van der Waals surface area contributed by atoms with Gasteiger partial charge in [0, 0.05) is 16.1 Å². The molecule has 3 aromatic carbocycles. The molecule has 4 nitrogen and oxygen atoms in total. The monoisotopic (exact) mass is 341 g/mol. The van der Waals surface area contributed by atoms with Crippen LogP contribution >= 0.6 is 11.6 Å². The molecule has 122 valence electrons. The van der Waals surface area contributed by atoms with Crippen molar-refractivity contribution < 1.29 is 15.0 Å². The first kappa shape index (κ1) is 16.1. The summed E-state index contributed by atoms with van der Waals surface area (Å²) in [5.41, 5.74) is 1.06. The largest absolute Gasteiger partial charge is 0.508 e. The number of rotatable bonds is 3. The van der Waals surface area contributed by atoms with E-state index in [1.165, 1.54) is 6.07 Å². The zero-order valence-electron chi connectivity index (χ0n) is 13.0. The van der Waals surface area contributed by atoms with Crippen molar-refractivity contribution in [1.82, 2.24) is 5.32 Å². The van der Waals surface area contributed by atoms with E-state index >= 15 is 0 Å². The first-order chi connectivity index (χ1) is 11.4. The number of phenolic OH excluding ortho intramolecular Hbond substituents is 2. The number of phenols is 2. The van der Waals surface area contributed by atoms with Crippen LogP contribution in [0.5, 0.6) is 11.5 Å². The highest BCUT2D eigenvalue weighted by atomic mass is 35.5. The molecule has 3 aromatic rings. The fourth-order valence-electron chi connectivity index (χ4n) is 2.60. The molecule has 0 saturated carbocycles. The van der Waals surface area contributed by atoms with Gasteiger partial charge >= 0.3 is 0 Å². The van der Waals surface area contributed by atoms with Crippen LogP contribution in [0, 0.1) is 0 Å². The summed E-state index contributed by atoms with van der Waals surface area (Å²) in [7, 11) is 0. The van der Waals surface area contributed by atoms with E-state index in [4.69, 9.17) is 11.6 Å². The molecule has 5 heteroatoms. The molecule has 0 bridgehead atoms. The van der Waals surface area contributed by atoms with Gasteiger partial charge in [-0.2, -0.15) is 0 Å². The van der Waals surface area contributed by atoms with Gasteiger partial charge in [-0.05, 0) is 60.2 Å². The molecule has 0 spiro atoms. The molecule has 0 heterocycles. The zero-order chi connectivity index (χ0) is 17.3. The summed E-state index contributed by atoms with van der Waals surface area (Å²) in [5.74, 6) is 0.0165. The highest BCUT2D eigenvalue weighted by Crippen LogP contribution is 2.27. The summed E-state index contributed by atoms with van der Waals surface area (Å²) in [6, 6.07) is 14.5. The number of nitrogens with one attached hydrogen (secondary N) is 1. The van der Waals surface area contributed by atoms with Crippen molar-refractivity contribution in [1.29, 1.82) is 0 Å². The van der Waals surface area contributed by atoms with Crippen LogP contribution in [0.25, 0.3) is 10.8 Å². The lowest BCUT2D eigenvalue weighted by atomic mass is 10.0. The number of aromatic hydroxyl groups is 2. The third kappa shape index (κ3) is 3.29. The number of carbonyl (C=O) groups excluding carboxylic acids is 1. The van der Waals surface area contributed by atoms with Gasteiger partial charge in [0.25, 0.3) is 5.91 Å². The van der Waals surface area contributed by atoms with Gasteiger partial charge in [-0.15, -0.1) is 0 Å². The fourth-order valence-corrected chi connectivity index (χ4v) is 2.78. The minimum absolute atomic E-state index is 0.0844. The minimum atomic E-state index is -0.397. The van der Waals surface area contributed by atoms with Crippen LogP contribution in [0.2, 0.25) is 5.02 Å². The molecule has 3 rings (SSSR count). The Kier molecular flexibility index (Phi) is 4.32. The van der Waals surface area contributed by atoms with Gasteiger partial charge < -0.3 is 15.5 Å². The maximum Gasteiger partial charge on any atom is 0.251 e. The van der Waals surface area contributed by atoms with Gasteiger partial charge in [0.05, 0.1) is 6.04 Å². The van der Waals surface area contributed by atoms with Crippen molar-refractivity contribution >= 4 is 28.3 Å². The Hall–Kier alpha value is -2.72. The third-order valence-corrected chi connectivity index (χ3v) is 4.12. The Balaban J connectivity index is 1.84. The summed E-state index contributed by atoms with van der Waals surface area (Å²) < 4.78 is 0. The van der Waals surface area contributed by atoms with Gasteiger partial charge in [0.15, 0.2) is 0 Å². The number of amides is 1. The maximum absolute atomic E-state index is 12.5. The summed E-state index contributed by atoms with van der Waals surface area (Å²) in [6.07, 6.45) is 0. The Morgan fingerprint density at radius 2 is 1.71 bits per heavy atom. The second kappa shape index (κ2) is 6.42. The van der Waals surface area contributed by atoms with E-state index in [0.717, 1.165) is 10.8 Å². The Labute approximate surface area is 144 Å². The Morgan fingerprint density at radius 1 is 1.00 bits per heavy atom. The Bertz CT molecular complexity index is 924. The second-order valence-electron chi connectivity index (χ2n) is 5.64. The molecule has 0 radical (unpaired) electrons. The lowest BCUT2D eigenvalue weighted by Crippen LogP contribution is -2.26. The molecule has 0 aliphatic heterocycles. The molecule has 0 aromatic heterocycles. The molecule has 0 saturated heterocycles. The number of benzene rings is 3. The summed E-state index contributed by atoms with van der Waals surface area (Å²) in [4.78, 5) is 12.5. The maximum atomic E-state index is 12.5. The van der Waals surface area contributed by atoms with Crippen LogP contribution in [0.1, 0.15) is 28.9 Å². The van der Waals surface area contributed by atoms with Crippen molar-refractivity contribution in [2.75, 3.05) is 0 Å². The van der Waals surface area contributed by atoms with Crippen LogP contribution in [-0.2, 0) is 0 Å². The van der Waals surface area contributed by atoms with Gasteiger partial charge in [0.2, 0.25) is 0 Å². The van der Waals surface area contributed by atoms with Gasteiger partial charge in [-0.25, -0.2) is 0 Å². The normalized spacial score (nSPS) is 12.1. The molecule has 3 N–H and O–H groups in total. The number of carbonyl (C=O) groups is 1. The number of hydrogen-bond donors (Lipinski definition) is 3. The van der Waals surface area contributed by atoms with Gasteiger partial charge in [-0.1, -0.05) is 23.7 Å². The molecule has 0 aliphatic rings. The van der Waals surface area contributed by atoms with Crippen molar-refractivity contribution in [3.8, 4) is 11.5 Å². The molecule has 0 fully saturated rings. The van der Waals surface area contributed by atoms with Gasteiger partial charge in [0.1, 0.15) is 11.5 Å². The molecule has 1 amide bonds. The van der Waals surface area contributed by atoms with Crippen LogP contribution < -0.4 is 5.32 Å². The first-order valence-electron chi connectivity index (χ1n) is 7.46. The molecule has 0 aliphatic carbocycles. The summed E-state index contributed by atoms with van der Waals surface area (Å²) in [6.45, 7) is 1.78. The predicted octanol–water partition coefficient (Wildman–Crippen LogP) is 4.40. The third-order valence-electron chi connectivity index (χ3n) is 3.89. The van der Waals surface area contributed by atoms with Crippen LogP contribution in [0.4, 0.5) is 0 Å². The standard InChI is InChI=1S/C19H16ClNO3/c1-11(17-10-15(20)5-7-18(17)23)21-19(24)14-3-2-13-9-16(22)6-4-12(13)8-14/h2-11,22-23H,1H3,(H,21,24). The van der Waals surface area contributed by atoms with Crippen LogP contribution in [0.15, 0.2) is 54.6 Å². The molecular formula is C19H16ClNO3. The van der Waals surface area contributed by atoms with Crippen molar-refractivity contribution in [2.45, 2.75) is 13.0 Å². The van der Waals surface area contributed by atoms with E-state index in [9.17, 15) is 15.0 Å². The lowest BCUT2D eigenvalue weighted by molar-refractivity contribution is 0.0939. The zero-order valence-corrected chi connectivity index (χ0v) is 13.7. The number of halogens is 1. The van der Waals surface area contributed by atoms with Crippen molar-refractivity contribution in [3.05, 3.63) is 70.7 Å². The molecule has 1 unspecified atom stereocenters. The minimum Gasteiger partial charge on any atom is -0.508 e.